The number of rotatable bonds is 6. The van der Waals surface area contributed by atoms with E-state index in [2.05, 4.69) is 38.1 Å². The Bertz CT molecular complexity index is 1070. The summed E-state index contributed by atoms with van der Waals surface area (Å²) in [6.07, 6.45) is 8.11. The van der Waals surface area contributed by atoms with Gasteiger partial charge in [-0.05, 0) is 69.7 Å². The van der Waals surface area contributed by atoms with E-state index in [0.717, 1.165) is 83.1 Å². The van der Waals surface area contributed by atoms with Gasteiger partial charge in [0.25, 0.3) is 5.91 Å². The summed E-state index contributed by atoms with van der Waals surface area (Å²) in [6, 6.07) is 6.05. The summed E-state index contributed by atoms with van der Waals surface area (Å²) >= 11 is 0. The summed E-state index contributed by atoms with van der Waals surface area (Å²) in [7, 11) is 0. The van der Waals surface area contributed by atoms with Crippen molar-refractivity contribution in [2.75, 3.05) is 56.2 Å². The van der Waals surface area contributed by atoms with E-state index in [0.29, 0.717) is 11.6 Å². The Hall–Kier alpha value is -2.96. The highest BCUT2D eigenvalue weighted by Gasteiger charge is 2.39. The Morgan fingerprint density at radius 2 is 1.94 bits per heavy atom. The van der Waals surface area contributed by atoms with Gasteiger partial charge in [0, 0.05) is 44.5 Å². The maximum absolute atomic E-state index is 12.9. The highest BCUT2D eigenvalue weighted by Crippen LogP contribution is 2.38. The molecule has 2 aromatic rings. The van der Waals surface area contributed by atoms with Crippen LogP contribution < -0.4 is 10.2 Å². The fourth-order valence-electron chi connectivity index (χ4n) is 5.61. The average Bonchev–Trinajstić information content (AvgIpc) is 3.58. The molecule has 5 heterocycles. The molecule has 35 heavy (non-hydrogen) atoms. The van der Waals surface area contributed by atoms with Gasteiger partial charge in [-0.15, -0.1) is 0 Å². The second-order valence-electron chi connectivity index (χ2n) is 10.3. The first kappa shape index (κ1) is 23.8. The first-order valence-corrected chi connectivity index (χ1v) is 12.9. The third-order valence-corrected chi connectivity index (χ3v) is 7.83. The molecular weight excluding hydrogens is 442 g/mol. The minimum absolute atomic E-state index is 0.0360. The highest BCUT2D eigenvalue weighted by molar-refractivity contribution is 6.03. The fourth-order valence-corrected chi connectivity index (χ4v) is 5.61. The number of piperidine rings is 1. The Balaban J connectivity index is 1.47. The van der Waals surface area contributed by atoms with E-state index in [1.54, 1.807) is 0 Å². The van der Waals surface area contributed by atoms with Gasteiger partial charge in [-0.1, -0.05) is 6.92 Å². The maximum Gasteiger partial charge on any atom is 0.291 e. The summed E-state index contributed by atoms with van der Waals surface area (Å²) in [5, 5.41) is 12.1. The van der Waals surface area contributed by atoms with E-state index < -0.39 is 0 Å². The van der Waals surface area contributed by atoms with E-state index >= 15 is 0 Å². The number of amides is 1. The largest absolute Gasteiger partial charge is 0.381 e. The number of carbonyl (C=O) groups is 1. The molecule has 0 aliphatic carbocycles. The van der Waals surface area contributed by atoms with Crippen molar-refractivity contribution in [2.45, 2.75) is 50.9 Å². The van der Waals surface area contributed by atoms with Gasteiger partial charge in [0.2, 0.25) is 0 Å². The Labute approximate surface area is 206 Å². The number of ether oxygens (including phenoxy) is 1. The number of aromatic nitrogens is 3. The minimum atomic E-state index is -0.370. The van der Waals surface area contributed by atoms with Crippen LogP contribution in [0.15, 0.2) is 18.3 Å². The van der Waals surface area contributed by atoms with Crippen LogP contribution in [0.4, 0.5) is 11.5 Å². The third-order valence-electron chi connectivity index (χ3n) is 7.83. The molecule has 0 radical (unpaired) electrons. The predicted molar refractivity (Wildman–Crippen MR) is 134 cm³/mol. The molecule has 3 saturated heterocycles. The number of carbonyl (C=O) groups excluding carboxylic acids is 1. The number of hydrogen-bond donors (Lipinski definition) is 2. The highest BCUT2D eigenvalue weighted by atomic mass is 16.5. The number of aromatic amines is 1. The number of nitriles is 1. The number of hydrogen-bond acceptors (Lipinski definition) is 7. The zero-order chi connectivity index (χ0) is 24.3. The number of imidazole rings is 1. The molecule has 2 N–H and O–H groups in total. The van der Waals surface area contributed by atoms with Gasteiger partial charge in [0.15, 0.2) is 17.3 Å². The standard InChI is InChI=1S/C26H35N7O2/c1-19-6-12-33(13-7-19)24-21(30-25(34)23-28-17-20(16-27)29-23)4-5-22(31-24)26(8-14-35-15-9-26)18-32-10-2-3-11-32/h4-5,17,19H,2-3,6-15,18H2,1H3,(H,28,29)(H,30,34). The summed E-state index contributed by atoms with van der Waals surface area (Å²) in [5.41, 5.74) is 1.94. The topological polar surface area (TPSA) is 110 Å². The molecule has 0 atom stereocenters. The zero-order valence-corrected chi connectivity index (χ0v) is 20.6. The third kappa shape index (κ3) is 5.19. The molecule has 0 aromatic carbocycles. The smallest absolute Gasteiger partial charge is 0.291 e. The van der Waals surface area contributed by atoms with Gasteiger partial charge in [-0.3, -0.25) is 4.79 Å². The molecule has 2 aromatic heterocycles. The molecule has 5 rings (SSSR count). The average molecular weight is 478 g/mol. The van der Waals surface area contributed by atoms with E-state index in [1.165, 1.54) is 19.0 Å². The summed E-state index contributed by atoms with van der Waals surface area (Å²) in [4.78, 5) is 29.9. The van der Waals surface area contributed by atoms with Crippen molar-refractivity contribution in [1.82, 2.24) is 19.9 Å². The number of nitrogens with one attached hydrogen (secondary N) is 2. The van der Waals surface area contributed by atoms with Gasteiger partial charge in [0.1, 0.15) is 6.07 Å². The SMILES string of the molecule is CC1CCN(c2nc(C3(CN4CCCC4)CCOCC3)ccc2NC(=O)c2nc(C#N)c[nH]2)CC1. The van der Waals surface area contributed by atoms with Gasteiger partial charge in [0.05, 0.1) is 11.4 Å². The van der Waals surface area contributed by atoms with Crippen molar-refractivity contribution < 1.29 is 9.53 Å². The van der Waals surface area contributed by atoms with Crippen molar-refractivity contribution in [3.8, 4) is 6.07 Å². The van der Waals surface area contributed by atoms with Crippen LogP contribution in [0.25, 0.3) is 0 Å². The van der Waals surface area contributed by atoms with Crippen LogP contribution in [0, 0.1) is 17.2 Å². The number of nitrogens with zero attached hydrogens (tertiary/aromatic N) is 5. The normalized spacial score (nSPS) is 21.1. The van der Waals surface area contributed by atoms with Crippen molar-refractivity contribution in [3.05, 3.63) is 35.5 Å². The van der Waals surface area contributed by atoms with Crippen molar-refractivity contribution in [3.63, 3.8) is 0 Å². The van der Waals surface area contributed by atoms with E-state index in [9.17, 15) is 4.79 Å². The van der Waals surface area contributed by atoms with Crippen LogP contribution in [0.5, 0.6) is 0 Å². The molecular formula is C26H35N7O2. The monoisotopic (exact) mass is 477 g/mol. The number of pyridine rings is 1. The molecule has 9 nitrogen and oxygen atoms in total. The van der Waals surface area contributed by atoms with Gasteiger partial charge < -0.3 is 24.8 Å². The maximum atomic E-state index is 12.9. The Morgan fingerprint density at radius 3 is 2.63 bits per heavy atom. The summed E-state index contributed by atoms with van der Waals surface area (Å²) < 4.78 is 5.76. The van der Waals surface area contributed by atoms with Crippen LogP contribution in [-0.2, 0) is 10.2 Å². The van der Waals surface area contributed by atoms with E-state index in [4.69, 9.17) is 15.0 Å². The van der Waals surface area contributed by atoms with Crippen molar-refractivity contribution in [2.24, 2.45) is 5.92 Å². The Morgan fingerprint density at radius 1 is 1.20 bits per heavy atom. The van der Waals surface area contributed by atoms with Gasteiger partial charge >= 0.3 is 0 Å². The molecule has 3 fully saturated rings. The lowest BCUT2D eigenvalue weighted by Gasteiger charge is -2.40. The van der Waals surface area contributed by atoms with Gasteiger partial charge in [-0.25, -0.2) is 9.97 Å². The molecule has 186 valence electrons. The molecule has 9 heteroatoms. The number of anilines is 2. The summed E-state index contributed by atoms with van der Waals surface area (Å²) in [5.74, 6) is 1.28. The molecule has 3 aliphatic heterocycles. The first-order valence-electron chi connectivity index (χ1n) is 12.9. The molecule has 3 aliphatic rings. The van der Waals surface area contributed by atoms with Crippen LogP contribution in [0.2, 0.25) is 0 Å². The van der Waals surface area contributed by atoms with Crippen LogP contribution >= 0.6 is 0 Å². The van der Waals surface area contributed by atoms with E-state index in [1.807, 2.05) is 12.1 Å². The first-order chi connectivity index (χ1) is 17.1. The van der Waals surface area contributed by atoms with Crippen molar-refractivity contribution >= 4 is 17.4 Å². The minimum Gasteiger partial charge on any atom is -0.381 e. The predicted octanol–water partition coefficient (Wildman–Crippen LogP) is 3.31. The second kappa shape index (κ2) is 10.3. The molecule has 0 spiro atoms. The van der Waals surface area contributed by atoms with Crippen LogP contribution in [-0.4, -0.2) is 71.7 Å². The summed E-state index contributed by atoms with van der Waals surface area (Å²) in [6.45, 7) is 8.96. The lowest BCUT2D eigenvalue weighted by atomic mass is 9.76. The molecule has 0 saturated carbocycles. The quantitative estimate of drug-likeness (QED) is 0.657. The van der Waals surface area contributed by atoms with E-state index in [-0.39, 0.29) is 22.8 Å². The Kier molecular flexibility index (Phi) is 7.02. The molecule has 1 amide bonds. The lowest BCUT2D eigenvalue weighted by Crippen LogP contribution is -2.45. The zero-order valence-electron chi connectivity index (χ0n) is 20.6. The molecule has 0 unspecified atom stereocenters. The number of H-pyrrole nitrogens is 1. The lowest BCUT2D eigenvalue weighted by molar-refractivity contribution is 0.0354. The number of likely N-dealkylation sites (tertiary alicyclic amines) is 1. The van der Waals surface area contributed by atoms with Crippen molar-refractivity contribution in [1.29, 1.82) is 5.26 Å². The fraction of sp³-hybridized carbons (Fsp3) is 0.615. The van der Waals surface area contributed by atoms with Crippen LogP contribution in [0.3, 0.4) is 0 Å². The second-order valence-corrected chi connectivity index (χ2v) is 10.3. The molecule has 0 bridgehead atoms. The van der Waals surface area contributed by atoms with Crippen LogP contribution in [0.1, 0.15) is 67.5 Å². The van der Waals surface area contributed by atoms with Gasteiger partial charge in [-0.2, -0.15) is 5.26 Å².